The smallest absolute Gasteiger partial charge is 0.273 e. The van der Waals surface area contributed by atoms with Crippen LogP contribution in [0.15, 0.2) is 23.0 Å². The number of hydrogen-bond donors (Lipinski definition) is 1. The Kier molecular flexibility index (Phi) is 3.61. The van der Waals surface area contributed by atoms with Gasteiger partial charge in [0.1, 0.15) is 11.9 Å². The number of ether oxygens (including phenoxy) is 2. The number of nitrogens with one attached hydrogen (secondary N) is 1. The second-order valence-electron chi connectivity index (χ2n) is 4.95. The summed E-state index contributed by atoms with van der Waals surface area (Å²) in [4.78, 5) is 12.1. The second kappa shape index (κ2) is 5.57. The first-order chi connectivity index (χ1) is 10.1. The molecule has 2 aromatic heterocycles. The Bertz CT molecular complexity index is 636. The molecule has 8 heteroatoms. The number of aromatic nitrogens is 3. The molecule has 3 rings (SSSR count). The van der Waals surface area contributed by atoms with Gasteiger partial charge in [-0.15, -0.1) is 0 Å². The first kappa shape index (κ1) is 13.6. The van der Waals surface area contributed by atoms with Crippen molar-refractivity contribution in [2.45, 2.75) is 19.1 Å². The highest BCUT2D eigenvalue weighted by molar-refractivity contribution is 5.92. The van der Waals surface area contributed by atoms with Gasteiger partial charge in [0.25, 0.3) is 5.91 Å². The van der Waals surface area contributed by atoms with Crippen molar-refractivity contribution in [1.29, 1.82) is 0 Å². The van der Waals surface area contributed by atoms with E-state index in [0.29, 0.717) is 24.7 Å². The van der Waals surface area contributed by atoms with Gasteiger partial charge >= 0.3 is 0 Å². The van der Waals surface area contributed by atoms with Crippen molar-refractivity contribution in [3.8, 4) is 5.75 Å². The number of carbonyl (C=O) groups is 1. The molecule has 21 heavy (non-hydrogen) atoms. The van der Waals surface area contributed by atoms with Gasteiger partial charge in [-0.3, -0.25) is 9.48 Å². The van der Waals surface area contributed by atoms with E-state index in [1.165, 1.54) is 0 Å². The van der Waals surface area contributed by atoms with Crippen molar-refractivity contribution in [2.24, 2.45) is 7.05 Å². The van der Waals surface area contributed by atoms with Gasteiger partial charge in [0.2, 0.25) is 0 Å². The topological polar surface area (TPSA) is 91.4 Å². The fourth-order valence-electron chi connectivity index (χ4n) is 2.14. The lowest BCUT2D eigenvalue weighted by atomic mass is 10.2. The quantitative estimate of drug-likeness (QED) is 0.871. The van der Waals surface area contributed by atoms with E-state index >= 15 is 0 Å². The largest absolute Gasteiger partial charge is 0.482 e. The third-order valence-corrected chi connectivity index (χ3v) is 3.17. The summed E-state index contributed by atoms with van der Waals surface area (Å²) in [5, 5.41) is 10.6. The van der Waals surface area contributed by atoms with Crippen molar-refractivity contribution >= 4 is 5.91 Å². The van der Waals surface area contributed by atoms with Crippen LogP contribution >= 0.6 is 0 Å². The van der Waals surface area contributed by atoms with Crippen LogP contribution in [0, 0.1) is 6.92 Å². The molecule has 1 fully saturated rings. The Balaban J connectivity index is 1.62. The molecule has 0 spiro atoms. The van der Waals surface area contributed by atoms with E-state index < -0.39 is 0 Å². The lowest BCUT2D eigenvalue weighted by molar-refractivity contribution is 0.0895. The predicted octanol–water partition coefficient (Wildman–Crippen LogP) is 0.293. The van der Waals surface area contributed by atoms with Crippen LogP contribution < -0.4 is 10.1 Å². The zero-order valence-electron chi connectivity index (χ0n) is 11.8. The van der Waals surface area contributed by atoms with Crippen LogP contribution in [-0.4, -0.2) is 46.2 Å². The summed E-state index contributed by atoms with van der Waals surface area (Å²) >= 11 is 0. The first-order valence-corrected chi connectivity index (χ1v) is 6.59. The normalized spacial score (nSPS) is 21.4. The van der Waals surface area contributed by atoms with Crippen LogP contribution in [0.3, 0.4) is 0 Å². The maximum Gasteiger partial charge on any atom is 0.273 e. The fourth-order valence-corrected chi connectivity index (χ4v) is 2.14. The summed E-state index contributed by atoms with van der Waals surface area (Å²) in [6, 6.07) is 1.34. The second-order valence-corrected chi connectivity index (χ2v) is 4.95. The number of nitrogens with zero attached hydrogens (tertiary/aromatic N) is 3. The van der Waals surface area contributed by atoms with Gasteiger partial charge in [-0.25, -0.2) is 0 Å². The minimum atomic E-state index is -0.304. The summed E-state index contributed by atoms with van der Waals surface area (Å²) in [6.07, 6.45) is 3.13. The summed E-state index contributed by atoms with van der Waals surface area (Å²) in [5.74, 6) is 0.928. The maximum absolute atomic E-state index is 12.1. The van der Waals surface area contributed by atoms with Gasteiger partial charge in [0.15, 0.2) is 11.4 Å². The Hall–Kier alpha value is -2.35. The van der Waals surface area contributed by atoms with Crippen molar-refractivity contribution in [3.63, 3.8) is 0 Å². The molecule has 1 saturated heterocycles. The molecule has 2 atom stereocenters. The van der Waals surface area contributed by atoms with E-state index in [-0.39, 0.29) is 23.7 Å². The monoisotopic (exact) mass is 292 g/mol. The van der Waals surface area contributed by atoms with Crippen LogP contribution in [-0.2, 0) is 11.8 Å². The fraction of sp³-hybridized carbons (Fsp3) is 0.462. The molecule has 1 amide bonds. The van der Waals surface area contributed by atoms with E-state index in [1.807, 2.05) is 7.05 Å². The summed E-state index contributed by atoms with van der Waals surface area (Å²) in [6.45, 7) is 2.54. The molecule has 8 nitrogen and oxygen atoms in total. The third-order valence-electron chi connectivity index (χ3n) is 3.17. The number of carbonyl (C=O) groups excluding carboxylic acids is 1. The van der Waals surface area contributed by atoms with E-state index in [4.69, 9.17) is 14.0 Å². The molecule has 0 radical (unpaired) electrons. The van der Waals surface area contributed by atoms with E-state index in [0.717, 1.165) is 0 Å². The van der Waals surface area contributed by atoms with Crippen LogP contribution in [0.2, 0.25) is 0 Å². The molecule has 112 valence electrons. The van der Waals surface area contributed by atoms with Gasteiger partial charge in [-0.2, -0.15) is 5.10 Å². The standard InChI is InChI=1S/C13H16N4O4/c1-8-3-10(16-21-8)13(18)15-11-6-19-7-12(11)20-9-4-14-17(2)5-9/h3-5,11-12H,6-7H2,1-2H3,(H,15,18)/t11-,12+/m0/s1. The van der Waals surface area contributed by atoms with E-state index in [1.54, 1.807) is 30.1 Å². The lowest BCUT2D eigenvalue weighted by Gasteiger charge is -2.19. The minimum absolute atomic E-state index is 0.241. The average molecular weight is 292 g/mol. The van der Waals surface area contributed by atoms with Gasteiger partial charge in [-0.1, -0.05) is 5.16 Å². The van der Waals surface area contributed by atoms with Gasteiger partial charge < -0.3 is 19.3 Å². The number of amides is 1. The van der Waals surface area contributed by atoms with Crippen molar-refractivity contribution in [3.05, 3.63) is 29.9 Å². The maximum atomic E-state index is 12.1. The molecule has 0 aliphatic carbocycles. The number of hydrogen-bond acceptors (Lipinski definition) is 6. The average Bonchev–Trinajstić information content (AvgIpc) is 3.14. The zero-order chi connectivity index (χ0) is 14.8. The third kappa shape index (κ3) is 3.05. The Morgan fingerprint density at radius 1 is 1.52 bits per heavy atom. The molecular weight excluding hydrogens is 276 g/mol. The Morgan fingerprint density at radius 2 is 2.38 bits per heavy atom. The van der Waals surface area contributed by atoms with Crippen molar-refractivity contribution in [1.82, 2.24) is 20.3 Å². The highest BCUT2D eigenvalue weighted by atomic mass is 16.5. The zero-order valence-corrected chi connectivity index (χ0v) is 11.8. The lowest BCUT2D eigenvalue weighted by Crippen LogP contribution is -2.45. The molecule has 0 unspecified atom stereocenters. The molecule has 1 aliphatic rings. The highest BCUT2D eigenvalue weighted by Gasteiger charge is 2.32. The summed E-state index contributed by atoms with van der Waals surface area (Å²) < 4.78 is 17.7. The molecule has 0 bridgehead atoms. The first-order valence-electron chi connectivity index (χ1n) is 6.59. The molecule has 0 aromatic carbocycles. The van der Waals surface area contributed by atoms with Gasteiger partial charge in [0, 0.05) is 13.1 Å². The number of rotatable bonds is 4. The Morgan fingerprint density at radius 3 is 3.05 bits per heavy atom. The summed E-state index contributed by atoms with van der Waals surface area (Å²) in [5.41, 5.74) is 0.250. The molecule has 3 heterocycles. The molecule has 2 aromatic rings. The van der Waals surface area contributed by atoms with Crippen LogP contribution in [0.5, 0.6) is 5.75 Å². The van der Waals surface area contributed by atoms with Crippen molar-refractivity contribution in [2.75, 3.05) is 13.2 Å². The van der Waals surface area contributed by atoms with Crippen molar-refractivity contribution < 1.29 is 18.8 Å². The van der Waals surface area contributed by atoms with E-state index in [2.05, 4.69) is 15.6 Å². The molecule has 1 aliphatic heterocycles. The predicted molar refractivity (Wildman–Crippen MR) is 70.9 cm³/mol. The van der Waals surface area contributed by atoms with Crippen LogP contribution in [0.25, 0.3) is 0 Å². The highest BCUT2D eigenvalue weighted by Crippen LogP contribution is 2.16. The van der Waals surface area contributed by atoms with Gasteiger partial charge in [0.05, 0.1) is 31.6 Å². The minimum Gasteiger partial charge on any atom is -0.482 e. The van der Waals surface area contributed by atoms with Gasteiger partial charge in [-0.05, 0) is 6.92 Å². The molecule has 1 N–H and O–H groups in total. The Labute approximate surface area is 121 Å². The van der Waals surface area contributed by atoms with E-state index in [9.17, 15) is 4.79 Å². The van der Waals surface area contributed by atoms with Crippen LogP contribution in [0.4, 0.5) is 0 Å². The molecule has 0 saturated carbocycles. The summed E-state index contributed by atoms with van der Waals surface area (Å²) in [7, 11) is 1.81. The molecular formula is C13H16N4O4. The van der Waals surface area contributed by atoms with Crippen LogP contribution in [0.1, 0.15) is 16.2 Å². The SMILES string of the molecule is Cc1cc(C(=O)N[C@H]2COC[C@H]2Oc2cnn(C)c2)no1. The number of aryl methyl sites for hydroxylation is 2.